The lowest BCUT2D eigenvalue weighted by Gasteiger charge is -1.96. The highest BCUT2D eigenvalue weighted by Gasteiger charge is 1.92. The van der Waals surface area contributed by atoms with E-state index in [0.29, 0.717) is 0 Å². The second-order valence-electron chi connectivity index (χ2n) is 4.10. The van der Waals surface area contributed by atoms with E-state index in [1.54, 1.807) is 18.4 Å². The summed E-state index contributed by atoms with van der Waals surface area (Å²) >= 11 is 0. The highest BCUT2D eigenvalue weighted by Crippen LogP contribution is 2.09. The number of para-hydroxylation sites is 2. The maximum absolute atomic E-state index is 9.71. The van der Waals surface area contributed by atoms with Crippen LogP contribution in [-0.4, -0.2) is 23.6 Å². The second-order valence-corrected chi connectivity index (χ2v) is 4.10. The molecule has 0 saturated heterocycles. The minimum absolute atomic E-state index is 0.725. The van der Waals surface area contributed by atoms with Crippen molar-refractivity contribution in [1.29, 1.82) is 0 Å². The van der Waals surface area contributed by atoms with Gasteiger partial charge in [0.15, 0.2) is 0 Å². The van der Waals surface area contributed by atoms with Gasteiger partial charge in [0.25, 0.3) is 0 Å². The minimum Gasteiger partial charge on any atom is -0.383 e. The molecule has 0 heterocycles. The molecule has 2 rings (SSSR count). The lowest BCUT2D eigenvalue weighted by molar-refractivity contribution is 0.294. The molecule has 3 nitrogen and oxygen atoms in total. The van der Waals surface area contributed by atoms with Crippen LogP contribution in [0.1, 0.15) is 0 Å². The fourth-order valence-electron chi connectivity index (χ4n) is 1.53. The van der Waals surface area contributed by atoms with Crippen molar-refractivity contribution < 1.29 is 5.11 Å². The van der Waals surface area contributed by atoms with Gasteiger partial charge in [0, 0.05) is 12.4 Å². The summed E-state index contributed by atoms with van der Waals surface area (Å²) < 4.78 is 0. The Labute approximate surface area is 118 Å². The molecule has 2 aromatic carbocycles. The van der Waals surface area contributed by atoms with Crippen molar-refractivity contribution in [1.82, 2.24) is 0 Å². The molecule has 100 valence electrons. The first-order valence-electron chi connectivity index (χ1n) is 6.38. The molecule has 1 atom stereocenters. The summed E-state index contributed by atoms with van der Waals surface area (Å²) in [6.45, 7) is 0. The molecule has 0 radical (unpaired) electrons. The number of nitrogens with zero attached hydrogens (tertiary/aromatic N) is 2. The van der Waals surface area contributed by atoms with E-state index in [-0.39, 0.29) is 0 Å². The van der Waals surface area contributed by atoms with E-state index >= 15 is 0 Å². The topological polar surface area (TPSA) is 45.0 Å². The first-order valence-corrected chi connectivity index (χ1v) is 6.38. The van der Waals surface area contributed by atoms with Crippen LogP contribution in [0.2, 0.25) is 0 Å². The smallest absolute Gasteiger partial charge is 0.108 e. The van der Waals surface area contributed by atoms with Crippen LogP contribution in [-0.2, 0) is 0 Å². The Morgan fingerprint density at radius 1 is 0.800 bits per heavy atom. The highest BCUT2D eigenvalue weighted by molar-refractivity contribution is 5.77. The van der Waals surface area contributed by atoms with E-state index in [2.05, 4.69) is 9.98 Å². The van der Waals surface area contributed by atoms with Gasteiger partial charge in [0.2, 0.25) is 0 Å². The van der Waals surface area contributed by atoms with Crippen LogP contribution in [0.3, 0.4) is 0 Å². The average Bonchev–Trinajstić information content (AvgIpc) is 2.52. The van der Waals surface area contributed by atoms with E-state index < -0.39 is 6.10 Å². The third kappa shape index (κ3) is 5.00. The van der Waals surface area contributed by atoms with Crippen LogP contribution in [0.25, 0.3) is 0 Å². The van der Waals surface area contributed by atoms with Gasteiger partial charge in [0.05, 0.1) is 11.4 Å². The Morgan fingerprint density at radius 2 is 1.35 bits per heavy atom. The van der Waals surface area contributed by atoms with Gasteiger partial charge < -0.3 is 5.11 Å². The average molecular weight is 264 g/mol. The number of aliphatic imine (C=N–C) groups is 2. The molecule has 0 aliphatic rings. The quantitative estimate of drug-likeness (QED) is 0.822. The van der Waals surface area contributed by atoms with E-state index in [1.807, 2.05) is 60.7 Å². The van der Waals surface area contributed by atoms with Gasteiger partial charge in [0.1, 0.15) is 6.10 Å². The second kappa shape index (κ2) is 7.81. The number of hydrogen-bond donors (Lipinski definition) is 1. The molecule has 0 saturated carbocycles. The van der Waals surface area contributed by atoms with Crippen molar-refractivity contribution in [2.75, 3.05) is 0 Å². The van der Waals surface area contributed by atoms with E-state index in [0.717, 1.165) is 11.4 Å². The molecule has 0 fully saturated rings. The molecular formula is C17H16N2O. The zero-order chi connectivity index (χ0) is 14.0. The summed E-state index contributed by atoms with van der Waals surface area (Å²) in [5.41, 5.74) is 1.70. The molecule has 0 spiro atoms. The lowest BCUT2D eigenvalue weighted by Crippen LogP contribution is -2.02. The molecule has 0 amide bonds. The molecule has 2 aromatic rings. The van der Waals surface area contributed by atoms with Crippen molar-refractivity contribution in [3.8, 4) is 0 Å². The highest BCUT2D eigenvalue weighted by atomic mass is 16.3. The van der Waals surface area contributed by atoms with Gasteiger partial charge >= 0.3 is 0 Å². The van der Waals surface area contributed by atoms with Gasteiger partial charge in [-0.15, -0.1) is 0 Å². The standard InChI is InChI=1S/C17H16N2O/c20-17(14-19-16-10-5-2-6-11-16)12-7-13-18-15-8-3-1-4-9-15/h1-14,17,20H/b12-7+,18-13?,19-14?/t17-/m1/s1. The summed E-state index contributed by atoms with van der Waals surface area (Å²) in [6, 6.07) is 19.1. The largest absolute Gasteiger partial charge is 0.383 e. The van der Waals surface area contributed by atoms with Crippen molar-refractivity contribution in [2.45, 2.75) is 6.10 Å². The number of aliphatic hydroxyl groups is 1. The molecule has 0 aliphatic heterocycles. The number of rotatable bonds is 5. The Hall–Kier alpha value is -2.52. The summed E-state index contributed by atoms with van der Waals surface area (Å²) in [4.78, 5) is 8.40. The number of allylic oxidation sites excluding steroid dienone is 1. The summed E-state index contributed by atoms with van der Waals surface area (Å²) in [5.74, 6) is 0. The first-order chi connectivity index (χ1) is 9.84. The van der Waals surface area contributed by atoms with E-state index in [1.165, 1.54) is 6.21 Å². The van der Waals surface area contributed by atoms with Gasteiger partial charge in [-0.2, -0.15) is 0 Å². The summed E-state index contributed by atoms with van der Waals surface area (Å²) in [7, 11) is 0. The first kappa shape index (κ1) is 13.9. The molecule has 0 aromatic heterocycles. The van der Waals surface area contributed by atoms with Crippen molar-refractivity contribution in [3.05, 3.63) is 72.8 Å². The normalized spacial score (nSPS) is 13.4. The predicted octanol–water partition coefficient (Wildman–Crippen LogP) is 3.71. The van der Waals surface area contributed by atoms with Crippen LogP contribution < -0.4 is 0 Å². The van der Waals surface area contributed by atoms with Gasteiger partial charge in [-0.25, -0.2) is 0 Å². The van der Waals surface area contributed by atoms with Crippen LogP contribution in [0.15, 0.2) is 82.8 Å². The fraction of sp³-hybridized carbons (Fsp3) is 0.0588. The van der Waals surface area contributed by atoms with Gasteiger partial charge in [-0.05, 0) is 36.4 Å². The van der Waals surface area contributed by atoms with E-state index in [4.69, 9.17) is 0 Å². The van der Waals surface area contributed by atoms with Crippen molar-refractivity contribution in [3.63, 3.8) is 0 Å². The maximum Gasteiger partial charge on any atom is 0.108 e. The van der Waals surface area contributed by atoms with Crippen LogP contribution in [0, 0.1) is 0 Å². The zero-order valence-electron chi connectivity index (χ0n) is 11.0. The Balaban J connectivity index is 1.85. The summed E-state index contributed by atoms with van der Waals surface area (Å²) in [5, 5.41) is 9.71. The predicted molar refractivity (Wildman–Crippen MR) is 84.3 cm³/mol. The molecule has 0 aliphatic carbocycles. The number of aliphatic hydroxyl groups excluding tert-OH is 1. The minimum atomic E-state index is -0.725. The van der Waals surface area contributed by atoms with Crippen molar-refractivity contribution in [2.24, 2.45) is 9.98 Å². The molecule has 3 heteroatoms. The molecule has 0 bridgehead atoms. The van der Waals surface area contributed by atoms with E-state index in [9.17, 15) is 5.11 Å². The monoisotopic (exact) mass is 264 g/mol. The third-order valence-corrected chi connectivity index (χ3v) is 2.51. The number of benzene rings is 2. The summed E-state index contributed by atoms with van der Waals surface area (Å²) in [6.07, 6.45) is 5.74. The van der Waals surface area contributed by atoms with Crippen LogP contribution in [0.4, 0.5) is 11.4 Å². The zero-order valence-corrected chi connectivity index (χ0v) is 11.0. The lowest BCUT2D eigenvalue weighted by atomic mass is 10.3. The maximum atomic E-state index is 9.71. The Kier molecular flexibility index (Phi) is 5.43. The van der Waals surface area contributed by atoms with Gasteiger partial charge in [-0.1, -0.05) is 36.4 Å². The number of hydrogen-bond acceptors (Lipinski definition) is 3. The molecule has 0 unspecified atom stereocenters. The Morgan fingerprint density at radius 3 is 1.95 bits per heavy atom. The molecule has 1 N–H and O–H groups in total. The molecular weight excluding hydrogens is 248 g/mol. The van der Waals surface area contributed by atoms with Crippen LogP contribution >= 0.6 is 0 Å². The fourth-order valence-corrected chi connectivity index (χ4v) is 1.53. The Bertz CT molecular complexity index is 589. The molecule has 20 heavy (non-hydrogen) atoms. The third-order valence-electron chi connectivity index (χ3n) is 2.51. The SMILES string of the molecule is O[C@@H](C=Nc1ccccc1)/C=C/C=Nc1ccccc1. The van der Waals surface area contributed by atoms with Gasteiger partial charge in [-0.3, -0.25) is 9.98 Å². The van der Waals surface area contributed by atoms with Crippen LogP contribution in [0.5, 0.6) is 0 Å². The van der Waals surface area contributed by atoms with Crippen molar-refractivity contribution >= 4 is 23.8 Å².